The molecule has 0 saturated carbocycles. The molecule has 0 fully saturated rings. The Morgan fingerprint density at radius 2 is 2.06 bits per heavy atom. The number of anilines is 1. The summed E-state index contributed by atoms with van der Waals surface area (Å²) in [4.78, 5) is 23.6. The van der Waals surface area contributed by atoms with Crippen molar-refractivity contribution in [3.63, 3.8) is 0 Å². The molecule has 18 heteroatoms. The topological polar surface area (TPSA) is 149 Å². The second-order valence-electron chi connectivity index (χ2n) is 5.88. The van der Waals surface area contributed by atoms with E-state index in [-0.39, 0.29) is 27.5 Å². The van der Waals surface area contributed by atoms with Crippen LogP contribution in [-0.2, 0) is 4.74 Å². The van der Waals surface area contributed by atoms with Gasteiger partial charge in [-0.1, -0.05) is 40.0 Å². The molecule has 33 heavy (non-hydrogen) atoms. The SMILES string of the molecule is O=C(NSNCCNc1nonc1-c1noc(=O)n1-c1ccc(F)c(Br)c1)OCC(Cl)(Cl)Cl. The summed E-state index contributed by atoms with van der Waals surface area (Å²) in [6.45, 7) is 0.219. The lowest BCUT2D eigenvalue weighted by molar-refractivity contribution is 0.155. The van der Waals surface area contributed by atoms with Gasteiger partial charge in [-0.25, -0.2) is 27.9 Å². The average Bonchev–Trinajstić information content (AvgIpc) is 3.36. The van der Waals surface area contributed by atoms with E-state index in [1.54, 1.807) is 0 Å². The maximum Gasteiger partial charge on any atom is 0.446 e. The van der Waals surface area contributed by atoms with Crippen molar-refractivity contribution in [3.05, 3.63) is 39.0 Å². The number of halogens is 5. The van der Waals surface area contributed by atoms with E-state index in [9.17, 15) is 14.0 Å². The Bertz CT molecular complexity index is 1170. The lowest BCUT2D eigenvalue weighted by Gasteiger charge is -2.11. The van der Waals surface area contributed by atoms with Gasteiger partial charge in [0, 0.05) is 25.2 Å². The van der Waals surface area contributed by atoms with Gasteiger partial charge in [-0.15, -0.1) is 0 Å². The number of hydrogen-bond acceptors (Lipinski definition) is 11. The summed E-state index contributed by atoms with van der Waals surface area (Å²) in [5.74, 6) is -1.17. The summed E-state index contributed by atoms with van der Waals surface area (Å²) in [5.41, 5.74) is 0.367. The molecule has 0 spiro atoms. The second-order valence-corrected chi connectivity index (χ2v) is 9.95. The summed E-state index contributed by atoms with van der Waals surface area (Å²) in [5, 5.41) is 14.1. The molecule has 3 rings (SSSR count). The van der Waals surface area contributed by atoms with Crippen molar-refractivity contribution in [2.45, 2.75) is 3.79 Å². The Morgan fingerprint density at radius 1 is 1.27 bits per heavy atom. The number of nitrogens with one attached hydrogen (secondary N) is 3. The van der Waals surface area contributed by atoms with E-state index in [2.05, 4.69) is 50.9 Å². The van der Waals surface area contributed by atoms with Crippen LogP contribution >= 0.6 is 62.9 Å². The summed E-state index contributed by atoms with van der Waals surface area (Å²) < 4.78 is 32.4. The molecule has 2 aromatic heterocycles. The Labute approximate surface area is 211 Å². The first-order valence-corrected chi connectivity index (χ1v) is 11.4. The maximum atomic E-state index is 13.6. The second kappa shape index (κ2) is 11.4. The van der Waals surface area contributed by atoms with Gasteiger partial charge >= 0.3 is 11.8 Å². The fourth-order valence-corrected chi connectivity index (χ4v) is 3.19. The molecule has 0 aliphatic carbocycles. The molecule has 0 bridgehead atoms. The highest BCUT2D eigenvalue weighted by molar-refractivity contribution is 9.10. The standard InChI is InChI=1S/C15H12BrCl3FN7O5S/c16-8-5-7(1-2-9(8)20)27-12(25-31-14(27)29)10-11(24-32-23-10)21-3-4-22-33-26-13(28)30-6-15(17,18)19/h1-2,5,22H,3-4,6H2,(H,21,24)(H,26,28). The van der Waals surface area contributed by atoms with Crippen molar-refractivity contribution in [2.75, 3.05) is 25.0 Å². The summed E-state index contributed by atoms with van der Waals surface area (Å²) in [7, 11) is 0. The minimum absolute atomic E-state index is 0.0112. The first-order valence-electron chi connectivity index (χ1n) is 8.65. The maximum absolute atomic E-state index is 13.6. The molecule has 0 unspecified atom stereocenters. The first-order chi connectivity index (χ1) is 15.7. The highest BCUT2D eigenvalue weighted by Crippen LogP contribution is 2.27. The number of carbonyl (C=O) groups excluding carboxylic acids is 1. The van der Waals surface area contributed by atoms with Crippen LogP contribution in [0.1, 0.15) is 0 Å². The van der Waals surface area contributed by atoms with Gasteiger partial charge in [0.2, 0.25) is 15.4 Å². The number of carbonyl (C=O) groups is 1. The molecule has 0 aliphatic heterocycles. The molecule has 1 aromatic carbocycles. The van der Waals surface area contributed by atoms with E-state index < -0.39 is 28.1 Å². The van der Waals surface area contributed by atoms with Gasteiger partial charge < -0.3 is 10.1 Å². The van der Waals surface area contributed by atoms with Crippen LogP contribution in [0.25, 0.3) is 17.2 Å². The van der Waals surface area contributed by atoms with Crippen LogP contribution in [0.5, 0.6) is 0 Å². The van der Waals surface area contributed by atoms with E-state index in [1.807, 2.05) is 0 Å². The molecule has 0 radical (unpaired) electrons. The zero-order chi connectivity index (χ0) is 24.0. The van der Waals surface area contributed by atoms with Gasteiger partial charge in [-0.2, -0.15) is 0 Å². The summed E-state index contributed by atoms with van der Waals surface area (Å²) in [6, 6.07) is 3.92. The molecule has 0 aliphatic rings. The van der Waals surface area contributed by atoms with Crippen LogP contribution in [0.3, 0.4) is 0 Å². The first kappa shape index (κ1) is 25.6. The van der Waals surface area contributed by atoms with E-state index in [4.69, 9.17) is 44.0 Å². The number of benzene rings is 1. The molecule has 3 aromatic rings. The Hall–Kier alpha value is -2.04. The number of nitrogens with zero attached hydrogens (tertiary/aromatic N) is 4. The fraction of sp³-hybridized carbons (Fsp3) is 0.267. The van der Waals surface area contributed by atoms with Crippen LogP contribution < -0.4 is 20.5 Å². The van der Waals surface area contributed by atoms with Crippen LogP contribution in [0.4, 0.5) is 15.0 Å². The fourth-order valence-electron chi connectivity index (χ4n) is 2.24. The monoisotopic (exact) mass is 605 g/mol. The number of amides is 1. The largest absolute Gasteiger partial charge is 0.446 e. The number of ether oxygens (including phenoxy) is 1. The summed E-state index contributed by atoms with van der Waals surface area (Å²) >= 11 is 20.3. The van der Waals surface area contributed by atoms with Gasteiger partial charge in [0.25, 0.3) is 0 Å². The Morgan fingerprint density at radius 3 is 2.79 bits per heavy atom. The molecule has 178 valence electrons. The van der Waals surface area contributed by atoms with E-state index in [0.29, 0.717) is 13.1 Å². The lowest BCUT2D eigenvalue weighted by Crippen LogP contribution is -2.27. The van der Waals surface area contributed by atoms with Gasteiger partial charge in [-0.05, 0) is 44.4 Å². The quantitative estimate of drug-likeness (QED) is 0.187. The third-order valence-electron chi connectivity index (χ3n) is 3.56. The highest BCUT2D eigenvalue weighted by Gasteiger charge is 2.23. The van der Waals surface area contributed by atoms with Crippen molar-refractivity contribution >= 4 is 74.8 Å². The number of alkyl halides is 3. The minimum Gasteiger partial charge on any atom is -0.444 e. The predicted molar refractivity (Wildman–Crippen MR) is 122 cm³/mol. The predicted octanol–water partition coefficient (Wildman–Crippen LogP) is 3.44. The molecule has 3 N–H and O–H groups in total. The van der Waals surface area contributed by atoms with Crippen molar-refractivity contribution < 1.29 is 23.1 Å². The Balaban J connectivity index is 1.56. The number of rotatable bonds is 9. The van der Waals surface area contributed by atoms with Crippen LogP contribution in [-0.4, -0.2) is 49.6 Å². The van der Waals surface area contributed by atoms with Gasteiger partial charge in [0.15, 0.2) is 5.69 Å². The van der Waals surface area contributed by atoms with E-state index >= 15 is 0 Å². The van der Waals surface area contributed by atoms with Crippen LogP contribution in [0, 0.1) is 5.82 Å². The van der Waals surface area contributed by atoms with Crippen molar-refractivity contribution in [3.8, 4) is 17.2 Å². The zero-order valence-corrected chi connectivity index (χ0v) is 20.7. The minimum atomic E-state index is -1.70. The smallest absolute Gasteiger partial charge is 0.444 e. The molecular formula is C15H12BrCl3FN7O5S. The molecule has 2 heterocycles. The van der Waals surface area contributed by atoms with Crippen molar-refractivity contribution in [1.29, 1.82) is 0 Å². The Kier molecular flexibility index (Phi) is 8.83. The van der Waals surface area contributed by atoms with E-state index in [0.717, 1.165) is 16.7 Å². The van der Waals surface area contributed by atoms with Gasteiger partial charge in [0.05, 0.1) is 10.2 Å². The van der Waals surface area contributed by atoms with Gasteiger partial charge in [-0.3, -0.25) is 9.25 Å². The molecule has 12 nitrogen and oxygen atoms in total. The van der Waals surface area contributed by atoms with Gasteiger partial charge in [0.1, 0.15) is 12.4 Å². The zero-order valence-electron chi connectivity index (χ0n) is 16.0. The summed E-state index contributed by atoms with van der Waals surface area (Å²) in [6.07, 6.45) is -0.800. The van der Waals surface area contributed by atoms with Crippen LogP contribution in [0.2, 0.25) is 0 Å². The van der Waals surface area contributed by atoms with Crippen LogP contribution in [0.15, 0.2) is 36.6 Å². The lowest BCUT2D eigenvalue weighted by atomic mass is 10.3. The molecule has 1 amide bonds. The van der Waals surface area contributed by atoms with E-state index in [1.165, 1.54) is 18.2 Å². The molecule has 0 atom stereocenters. The van der Waals surface area contributed by atoms with Crippen molar-refractivity contribution in [2.24, 2.45) is 0 Å². The highest BCUT2D eigenvalue weighted by atomic mass is 79.9. The number of aromatic nitrogens is 4. The third-order valence-corrected chi connectivity index (χ3v) is 5.11. The molecular weight excluding hydrogens is 596 g/mol. The normalized spacial score (nSPS) is 11.4. The number of hydrogen-bond donors (Lipinski definition) is 3. The third kappa shape index (κ3) is 7.22. The average molecular weight is 608 g/mol. The molecule has 0 saturated heterocycles. The van der Waals surface area contributed by atoms with Crippen molar-refractivity contribution in [1.82, 2.24) is 29.5 Å².